The summed E-state index contributed by atoms with van der Waals surface area (Å²) >= 11 is 6.05. The molecular formula is C29H34ClN3O5S. The van der Waals surface area contributed by atoms with E-state index in [9.17, 15) is 18.0 Å². The fraction of sp³-hybridized carbons (Fsp3) is 0.310. The molecular weight excluding hydrogens is 538 g/mol. The molecule has 8 nitrogen and oxygen atoms in total. The number of anilines is 1. The summed E-state index contributed by atoms with van der Waals surface area (Å²) in [7, 11) is -2.58. The number of rotatable bonds is 12. The van der Waals surface area contributed by atoms with Gasteiger partial charge in [0.15, 0.2) is 0 Å². The highest BCUT2D eigenvalue weighted by atomic mass is 35.5. The molecule has 3 aromatic carbocycles. The fourth-order valence-corrected chi connectivity index (χ4v) is 5.43. The van der Waals surface area contributed by atoms with Crippen molar-refractivity contribution in [3.8, 4) is 5.75 Å². The molecule has 0 heterocycles. The van der Waals surface area contributed by atoms with Crippen LogP contribution in [-0.4, -0.2) is 50.9 Å². The zero-order valence-electron chi connectivity index (χ0n) is 22.5. The van der Waals surface area contributed by atoms with Crippen molar-refractivity contribution in [2.45, 2.75) is 50.7 Å². The lowest BCUT2D eigenvalue weighted by molar-refractivity contribution is -0.139. The number of amides is 2. The maximum atomic E-state index is 13.9. The first-order valence-electron chi connectivity index (χ1n) is 12.6. The van der Waals surface area contributed by atoms with Gasteiger partial charge < -0.3 is 15.0 Å². The molecule has 2 unspecified atom stereocenters. The Morgan fingerprint density at radius 1 is 0.974 bits per heavy atom. The number of sulfonamides is 1. The molecule has 0 aliphatic rings. The van der Waals surface area contributed by atoms with E-state index in [1.54, 1.807) is 74.7 Å². The second-order valence-electron chi connectivity index (χ2n) is 9.17. The molecule has 0 radical (unpaired) electrons. The lowest BCUT2D eigenvalue weighted by Gasteiger charge is -2.32. The van der Waals surface area contributed by atoms with Crippen molar-refractivity contribution < 1.29 is 22.7 Å². The Bertz CT molecular complexity index is 1370. The highest BCUT2D eigenvalue weighted by molar-refractivity contribution is 7.92. The molecule has 3 rings (SSSR count). The third-order valence-electron chi connectivity index (χ3n) is 6.38. The third-order valence-corrected chi connectivity index (χ3v) is 8.42. The number of benzene rings is 3. The van der Waals surface area contributed by atoms with Gasteiger partial charge in [0.1, 0.15) is 18.3 Å². The molecule has 0 saturated carbocycles. The van der Waals surface area contributed by atoms with E-state index in [0.29, 0.717) is 10.8 Å². The lowest BCUT2D eigenvalue weighted by Crippen LogP contribution is -2.52. The highest BCUT2D eigenvalue weighted by Gasteiger charge is 2.32. The van der Waals surface area contributed by atoms with Gasteiger partial charge in [0, 0.05) is 17.6 Å². The van der Waals surface area contributed by atoms with Crippen LogP contribution in [0.4, 0.5) is 5.69 Å². The summed E-state index contributed by atoms with van der Waals surface area (Å²) in [6.45, 7) is 5.02. The molecule has 3 aromatic rings. The van der Waals surface area contributed by atoms with Crippen molar-refractivity contribution in [3.05, 3.63) is 89.4 Å². The molecule has 39 heavy (non-hydrogen) atoms. The van der Waals surface area contributed by atoms with Gasteiger partial charge in [-0.2, -0.15) is 0 Å². The minimum Gasteiger partial charge on any atom is -0.497 e. The Morgan fingerprint density at radius 2 is 1.64 bits per heavy atom. The van der Waals surface area contributed by atoms with Crippen LogP contribution in [0.3, 0.4) is 0 Å². The van der Waals surface area contributed by atoms with Crippen LogP contribution in [0, 0.1) is 0 Å². The van der Waals surface area contributed by atoms with E-state index < -0.39 is 28.5 Å². The number of hydrogen-bond acceptors (Lipinski definition) is 5. The largest absolute Gasteiger partial charge is 0.497 e. The standard InChI is InChI=1S/C29H34ClN3O5S/c1-5-21(2)31-29(35)22(3)32(19-23-10-9-11-26(18-23)38-4)28(34)20-33(25-16-14-24(30)15-17-25)39(36,37)27-12-7-6-8-13-27/h6-18,21-22H,5,19-20H2,1-4H3,(H,31,35). The van der Waals surface area contributed by atoms with E-state index in [2.05, 4.69) is 5.32 Å². The van der Waals surface area contributed by atoms with Crippen molar-refractivity contribution in [1.29, 1.82) is 0 Å². The van der Waals surface area contributed by atoms with Gasteiger partial charge in [-0.3, -0.25) is 13.9 Å². The molecule has 0 fully saturated rings. The van der Waals surface area contributed by atoms with Gasteiger partial charge in [-0.25, -0.2) is 8.42 Å². The normalized spacial score (nSPS) is 12.7. The Balaban J connectivity index is 2.01. The van der Waals surface area contributed by atoms with Crippen LogP contribution in [-0.2, 0) is 26.2 Å². The molecule has 0 bridgehead atoms. The molecule has 0 aliphatic heterocycles. The summed E-state index contributed by atoms with van der Waals surface area (Å²) in [4.78, 5) is 28.4. The van der Waals surface area contributed by atoms with Crippen LogP contribution >= 0.6 is 11.6 Å². The number of halogens is 1. The van der Waals surface area contributed by atoms with E-state index in [1.807, 2.05) is 19.9 Å². The predicted molar refractivity (Wildman–Crippen MR) is 153 cm³/mol. The minimum atomic E-state index is -4.13. The fourth-order valence-electron chi connectivity index (χ4n) is 3.87. The molecule has 0 aromatic heterocycles. The molecule has 0 aliphatic carbocycles. The molecule has 2 amide bonds. The van der Waals surface area contributed by atoms with Crippen LogP contribution in [0.2, 0.25) is 5.02 Å². The van der Waals surface area contributed by atoms with E-state index in [4.69, 9.17) is 16.3 Å². The molecule has 0 spiro atoms. The van der Waals surface area contributed by atoms with Gasteiger partial charge >= 0.3 is 0 Å². The van der Waals surface area contributed by atoms with E-state index in [1.165, 1.54) is 17.0 Å². The van der Waals surface area contributed by atoms with Crippen LogP contribution in [0.5, 0.6) is 5.75 Å². The Kier molecular flexibility index (Phi) is 10.4. The van der Waals surface area contributed by atoms with Crippen LogP contribution in [0.15, 0.2) is 83.8 Å². The second kappa shape index (κ2) is 13.5. The summed E-state index contributed by atoms with van der Waals surface area (Å²) in [6.07, 6.45) is 0.724. The SMILES string of the molecule is CCC(C)NC(=O)C(C)N(Cc1cccc(OC)c1)C(=O)CN(c1ccc(Cl)cc1)S(=O)(=O)c1ccccc1. The maximum Gasteiger partial charge on any atom is 0.264 e. The highest BCUT2D eigenvalue weighted by Crippen LogP contribution is 2.26. The smallest absolute Gasteiger partial charge is 0.264 e. The number of nitrogens with one attached hydrogen (secondary N) is 1. The summed E-state index contributed by atoms with van der Waals surface area (Å²) in [5.74, 6) is -0.269. The average molecular weight is 572 g/mol. The minimum absolute atomic E-state index is 0.0367. The summed E-state index contributed by atoms with van der Waals surface area (Å²) in [5.41, 5.74) is 1.00. The summed E-state index contributed by atoms with van der Waals surface area (Å²) in [6, 6.07) is 20.3. The van der Waals surface area contributed by atoms with Gasteiger partial charge in [0.2, 0.25) is 11.8 Å². The van der Waals surface area contributed by atoms with Crippen LogP contribution < -0.4 is 14.4 Å². The van der Waals surface area contributed by atoms with Crippen molar-refractivity contribution in [1.82, 2.24) is 10.2 Å². The second-order valence-corrected chi connectivity index (χ2v) is 11.5. The number of nitrogens with zero attached hydrogens (tertiary/aromatic N) is 2. The monoisotopic (exact) mass is 571 g/mol. The first kappa shape index (κ1) is 30.0. The first-order valence-corrected chi connectivity index (χ1v) is 14.4. The summed E-state index contributed by atoms with van der Waals surface area (Å²) < 4.78 is 33.8. The quantitative estimate of drug-likeness (QED) is 0.334. The molecule has 10 heteroatoms. The zero-order chi connectivity index (χ0) is 28.6. The van der Waals surface area contributed by atoms with Gasteiger partial charge in [-0.15, -0.1) is 0 Å². The van der Waals surface area contributed by atoms with Gasteiger partial charge in [-0.1, -0.05) is 48.9 Å². The Labute approximate surface area is 235 Å². The van der Waals surface area contributed by atoms with E-state index >= 15 is 0 Å². The predicted octanol–water partition coefficient (Wildman–Crippen LogP) is 4.88. The van der Waals surface area contributed by atoms with Crippen molar-refractivity contribution >= 4 is 39.1 Å². The topological polar surface area (TPSA) is 96.0 Å². The molecule has 1 N–H and O–H groups in total. The van der Waals surface area contributed by atoms with Crippen molar-refractivity contribution in [2.75, 3.05) is 18.0 Å². The average Bonchev–Trinajstić information content (AvgIpc) is 2.95. The van der Waals surface area contributed by atoms with Crippen molar-refractivity contribution in [3.63, 3.8) is 0 Å². The Hall–Kier alpha value is -3.56. The number of carbonyl (C=O) groups is 2. The van der Waals surface area contributed by atoms with Crippen LogP contribution in [0.25, 0.3) is 0 Å². The first-order chi connectivity index (χ1) is 18.6. The molecule has 0 saturated heterocycles. The van der Waals surface area contributed by atoms with E-state index in [-0.39, 0.29) is 29.1 Å². The number of methoxy groups -OCH3 is 1. The number of ether oxygens (including phenoxy) is 1. The molecule has 208 valence electrons. The third kappa shape index (κ3) is 7.74. The zero-order valence-corrected chi connectivity index (χ0v) is 24.1. The van der Waals surface area contributed by atoms with E-state index in [0.717, 1.165) is 16.3 Å². The Morgan fingerprint density at radius 3 is 2.26 bits per heavy atom. The number of carbonyl (C=O) groups excluding carboxylic acids is 2. The maximum absolute atomic E-state index is 13.9. The lowest BCUT2D eigenvalue weighted by atomic mass is 10.1. The molecule has 2 atom stereocenters. The van der Waals surface area contributed by atoms with Gasteiger partial charge in [0.25, 0.3) is 10.0 Å². The van der Waals surface area contributed by atoms with Crippen molar-refractivity contribution in [2.24, 2.45) is 0 Å². The summed E-state index contributed by atoms with van der Waals surface area (Å²) in [5, 5.41) is 3.34. The van der Waals surface area contributed by atoms with Gasteiger partial charge in [0.05, 0.1) is 17.7 Å². The van der Waals surface area contributed by atoms with Crippen LogP contribution in [0.1, 0.15) is 32.8 Å². The van der Waals surface area contributed by atoms with Gasteiger partial charge in [-0.05, 0) is 74.4 Å². The number of hydrogen-bond donors (Lipinski definition) is 1.